The first-order valence-electron chi connectivity index (χ1n) is 5.96. The van der Waals surface area contributed by atoms with Gasteiger partial charge in [-0.3, -0.25) is 9.78 Å². The molecular formula is C14H14FN3O. The standard InChI is InChI=1S/C14H14FN3O/c1-2-17-13-9-16-8-7-10(13)14(19)18-12-6-4-3-5-11(12)15/h3-9,17H,2H2,1H3,(H,18,19). The smallest absolute Gasteiger partial charge is 0.257 e. The third kappa shape index (κ3) is 3.07. The van der Waals surface area contributed by atoms with E-state index in [2.05, 4.69) is 15.6 Å². The Morgan fingerprint density at radius 2 is 2.05 bits per heavy atom. The van der Waals surface area contributed by atoms with Gasteiger partial charge < -0.3 is 10.6 Å². The summed E-state index contributed by atoms with van der Waals surface area (Å²) in [6.45, 7) is 2.59. The molecule has 0 unspecified atom stereocenters. The molecule has 1 aromatic carbocycles. The first-order valence-corrected chi connectivity index (χ1v) is 5.96. The minimum absolute atomic E-state index is 0.159. The van der Waals surface area contributed by atoms with Crippen molar-refractivity contribution in [1.29, 1.82) is 0 Å². The Bertz CT molecular complexity index is 586. The largest absolute Gasteiger partial charge is 0.383 e. The number of hydrogen-bond acceptors (Lipinski definition) is 3. The molecule has 0 atom stereocenters. The van der Waals surface area contributed by atoms with E-state index >= 15 is 0 Å². The molecule has 0 saturated carbocycles. The minimum Gasteiger partial charge on any atom is -0.383 e. The first kappa shape index (κ1) is 13.0. The number of aromatic nitrogens is 1. The van der Waals surface area contributed by atoms with Gasteiger partial charge >= 0.3 is 0 Å². The number of halogens is 1. The fourth-order valence-electron chi connectivity index (χ4n) is 1.68. The number of benzene rings is 1. The fourth-order valence-corrected chi connectivity index (χ4v) is 1.68. The summed E-state index contributed by atoms with van der Waals surface area (Å²) >= 11 is 0. The number of para-hydroxylation sites is 1. The molecule has 98 valence electrons. The van der Waals surface area contributed by atoms with Gasteiger partial charge in [-0.2, -0.15) is 0 Å². The van der Waals surface area contributed by atoms with E-state index in [1.807, 2.05) is 6.92 Å². The van der Waals surface area contributed by atoms with Crippen LogP contribution in [0.1, 0.15) is 17.3 Å². The second-order valence-electron chi connectivity index (χ2n) is 3.89. The molecule has 0 saturated heterocycles. The highest BCUT2D eigenvalue weighted by Crippen LogP contribution is 2.17. The van der Waals surface area contributed by atoms with E-state index in [1.165, 1.54) is 18.3 Å². The normalized spacial score (nSPS) is 10.0. The molecule has 0 bridgehead atoms. The predicted octanol–water partition coefficient (Wildman–Crippen LogP) is 2.90. The zero-order chi connectivity index (χ0) is 13.7. The second-order valence-corrected chi connectivity index (χ2v) is 3.89. The van der Waals surface area contributed by atoms with Gasteiger partial charge in [-0.25, -0.2) is 4.39 Å². The molecule has 0 fully saturated rings. The van der Waals surface area contributed by atoms with Crippen molar-refractivity contribution in [3.63, 3.8) is 0 Å². The van der Waals surface area contributed by atoms with E-state index in [0.29, 0.717) is 17.8 Å². The quantitative estimate of drug-likeness (QED) is 0.887. The summed E-state index contributed by atoms with van der Waals surface area (Å²) in [4.78, 5) is 16.1. The van der Waals surface area contributed by atoms with Gasteiger partial charge in [-0.05, 0) is 25.1 Å². The molecular weight excluding hydrogens is 245 g/mol. The maximum atomic E-state index is 13.5. The highest BCUT2D eigenvalue weighted by Gasteiger charge is 2.12. The Morgan fingerprint density at radius 3 is 2.79 bits per heavy atom. The van der Waals surface area contributed by atoms with E-state index in [1.54, 1.807) is 24.4 Å². The van der Waals surface area contributed by atoms with Crippen LogP contribution in [0.5, 0.6) is 0 Å². The maximum Gasteiger partial charge on any atom is 0.257 e. The van der Waals surface area contributed by atoms with E-state index in [4.69, 9.17) is 0 Å². The topological polar surface area (TPSA) is 54.0 Å². The van der Waals surface area contributed by atoms with Crippen molar-refractivity contribution >= 4 is 17.3 Å². The Hall–Kier alpha value is -2.43. The number of carbonyl (C=O) groups is 1. The molecule has 1 aromatic heterocycles. The number of anilines is 2. The van der Waals surface area contributed by atoms with Crippen LogP contribution >= 0.6 is 0 Å². The monoisotopic (exact) mass is 259 g/mol. The van der Waals surface area contributed by atoms with Gasteiger partial charge in [0, 0.05) is 12.7 Å². The number of nitrogens with one attached hydrogen (secondary N) is 2. The van der Waals surface area contributed by atoms with Crippen molar-refractivity contribution in [2.45, 2.75) is 6.92 Å². The summed E-state index contributed by atoms with van der Waals surface area (Å²) in [6, 6.07) is 7.64. The predicted molar refractivity (Wildman–Crippen MR) is 72.8 cm³/mol. The zero-order valence-electron chi connectivity index (χ0n) is 10.5. The molecule has 0 aliphatic heterocycles. The molecule has 1 amide bonds. The van der Waals surface area contributed by atoms with Crippen molar-refractivity contribution < 1.29 is 9.18 Å². The maximum absolute atomic E-state index is 13.5. The van der Waals surface area contributed by atoms with Gasteiger partial charge in [0.15, 0.2) is 0 Å². The van der Waals surface area contributed by atoms with Crippen molar-refractivity contribution in [3.05, 3.63) is 54.1 Å². The molecule has 19 heavy (non-hydrogen) atoms. The average Bonchev–Trinajstić information content (AvgIpc) is 2.42. The van der Waals surface area contributed by atoms with Crippen LogP contribution in [0.15, 0.2) is 42.7 Å². The van der Waals surface area contributed by atoms with Crippen LogP contribution in [0.4, 0.5) is 15.8 Å². The van der Waals surface area contributed by atoms with Gasteiger partial charge in [-0.15, -0.1) is 0 Å². The van der Waals surface area contributed by atoms with Gasteiger partial charge in [0.2, 0.25) is 0 Å². The molecule has 0 aliphatic rings. The summed E-state index contributed by atoms with van der Waals surface area (Å²) in [5.74, 6) is -0.835. The highest BCUT2D eigenvalue weighted by molar-refractivity contribution is 6.07. The summed E-state index contributed by atoms with van der Waals surface area (Å²) in [5, 5.41) is 5.58. The van der Waals surface area contributed by atoms with Crippen LogP contribution in [0.3, 0.4) is 0 Å². The van der Waals surface area contributed by atoms with Crippen LogP contribution in [0, 0.1) is 5.82 Å². The van der Waals surface area contributed by atoms with E-state index in [0.717, 1.165) is 0 Å². The van der Waals surface area contributed by atoms with Crippen LogP contribution in [-0.4, -0.2) is 17.4 Å². The lowest BCUT2D eigenvalue weighted by atomic mass is 10.2. The Morgan fingerprint density at radius 1 is 1.26 bits per heavy atom. The van der Waals surface area contributed by atoms with Gasteiger partial charge in [0.05, 0.1) is 23.1 Å². The Balaban J connectivity index is 2.23. The lowest BCUT2D eigenvalue weighted by molar-refractivity contribution is 0.102. The van der Waals surface area contributed by atoms with Gasteiger partial charge in [0.25, 0.3) is 5.91 Å². The van der Waals surface area contributed by atoms with Crippen molar-refractivity contribution in [2.75, 3.05) is 17.2 Å². The number of carbonyl (C=O) groups excluding carboxylic acids is 1. The number of pyridine rings is 1. The Kier molecular flexibility index (Phi) is 4.07. The molecule has 1 heterocycles. The third-order valence-corrected chi connectivity index (χ3v) is 2.55. The lowest BCUT2D eigenvalue weighted by Gasteiger charge is -2.10. The third-order valence-electron chi connectivity index (χ3n) is 2.55. The van der Waals surface area contributed by atoms with Crippen molar-refractivity contribution in [3.8, 4) is 0 Å². The molecule has 4 nitrogen and oxygen atoms in total. The summed E-state index contributed by atoms with van der Waals surface area (Å²) in [7, 11) is 0. The summed E-state index contributed by atoms with van der Waals surface area (Å²) in [5.41, 5.74) is 1.21. The summed E-state index contributed by atoms with van der Waals surface area (Å²) in [6.07, 6.45) is 3.09. The van der Waals surface area contributed by atoms with E-state index in [9.17, 15) is 9.18 Å². The first-order chi connectivity index (χ1) is 9.22. The molecule has 0 radical (unpaired) electrons. The number of nitrogens with zero attached hydrogens (tertiary/aromatic N) is 1. The van der Waals surface area contributed by atoms with Crippen LogP contribution in [0.2, 0.25) is 0 Å². The zero-order valence-corrected chi connectivity index (χ0v) is 10.5. The number of amides is 1. The van der Waals surface area contributed by atoms with E-state index in [-0.39, 0.29) is 11.6 Å². The number of rotatable bonds is 4. The summed E-state index contributed by atoms with van der Waals surface area (Å²) < 4.78 is 13.5. The average molecular weight is 259 g/mol. The Labute approximate surface area is 110 Å². The van der Waals surface area contributed by atoms with Crippen LogP contribution in [-0.2, 0) is 0 Å². The molecule has 2 aromatic rings. The SMILES string of the molecule is CCNc1cnccc1C(=O)Nc1ccccc1F. The van der Waals surface area contributed by atoms with Gasteiger partial charge in [-0.1, -0.05) is 12.1 Å². The number of hydrogen-bond donors (Lipinski definition) is 2. The fraction of sp³-hybridized carbons (Fsp3) is 0.143. The molecule has 2 N–H and O–H groups in total. The van der Waals surface area contributed by atoms with Crippen molar-refractivity contribution in [1.82, 2.24) is 4.98 Å². The molecule has 5 heteroatoms. The second kappa shape index (κ2) is 5.95. The van der Waals surface area contributed by atoms with E-state index < -0.39 is 5.82 Å². The van der Waals surface area contributed by atoms with Gasteiger partial charge in [0.1, 0.15) is 5.82 Å². The molecule has 2 rings (SSSR count). The lowest BCUT2D eigenvalue weighted by Crippen LogP contribution is -2.15. The van der Waals surface area contributed by atoms with Crippen LogP contribution < -0.4 is 10.6 Å². The van der Waals surface area contributed by atoms with Crippen molar-refractivity contribution in [2.24, 2.45) is 0 Å². The molecule has 0 spiro atoms. The molecule has 0 aliphatic carbocycles. The highest BCUT2D eigenvalue weighted by atomic mass is 19.1. The van der Waals surface area contributed by atoms with Crippen LogP contribution in [0.25, 0.3) is 0 Å². The minimum atomic E-state index is -0.463.